The van der Waals surface area contributed by atoms with Gasteiger partial charge in [-0.15, -0.1) is 0 Å². The SMILES string of the molecule is CCC([C@@H]1CCC(I)C(O)O1)N(Cc1ccccc1)C(=O)OCc1ccccc1. The monoisotopic (exact) mass is 509 g/mol. The second kappa shape index (κ2) is 10.9. The van der Waals surface area contributed by atoms with E-state index in [1.54, 1.807) is 4.90 Å². The van der Waals surface area contributed by atoms with Gasteiger partial charge in [0, 0.05) is 6.54 Å². The van der Waals surface area contributed by atoms with Crippen LogP contribution in [0.25, 0.3) is 0 Å². The molecule has 6 heteroatoms. The molecule has 156 valence electrons. The molecular formula is C23H28INO4. The highest BCUT2D eigenvalue weighted by Crippen LogP contribution is 2.30. The van der Waals surface area contributed by atoms with Gasteiger partial charge in [-0.05, 0) is 30.4 Å². The number of rotatable bonds is 7. The molecule has 0 radical (unpaired) electrons. The quantitative estimate of drug-likeness (QED) is 0.426. The van der Waals surface area contributed by atoms with Crippen LogP contribution in [0.5, 0.6) is 0 Å². The fourth-order valence-corrected chi connectivity index (χ4v) is 4.19. The van der Waals surface area contributed by atoms with Gasteiger partial charge in [0.05, 0.1) is 16.1 Å². The van der Waals surface area contributed by atoms with Crippen LogP contribution < -0.4 is 0 Å². The first kappa shape index (κ1) is 22.1. The van der Waals surface area contributed by atoms with Crippen molar-refractivity contribution >= 4 is 28.7 Å². The molecule has 0 spiro atoms. The summed E-state index contributed by atoms with van der Waals surface area (Å²) >= 11 is 2.22. The largest absolute Gasteiger partial charge is 0.445 e. The summed E-state index contributed by atoms with van der Waals surface area (Å²) in [6.07, 6.45) is 1.01. The zero-order valence-electron chi connectivity index (χ0n) is 16.6. The molecule has 1 fully saturated rings. The second-order valence-electron chi connectivity index (χ2n) is 7.29. The maximum atomic E-state index is 13.1. The van der Waals surface area contributed by atoms with Crippen molar-refractivity contribution in [3.05, 3.63) is 71.8 Å². The van der Waals surface area contributed by atoms with Gasteiger partial charge in [-0.25, -0.2) is 4.79 Å². The van der Waals surface area contributed by atoms with E-state index < -0.39 is 6.29 Å². The fourth-order valence-electron chi connectivity index (χ4n) is 3.67. The fraction of sp³-hybridized carbons (Fsp3) is 0.435. The van der Waals surface area contributed by atoms with E-state index in [-0.39, 0.29) is 28.8 Å². The number of ether oxygens (including phenoxy) is 2. The minimum atomic E-state index is -0.803. The van der Waals surface area contributed by atoms with Crippen molar-refractivity contribution in [2.45, 2.75) is 61.7 Å². The average Bonchev–Trinajstić information content (AvgIpc) is 2.75. The number of alkyl halides is 1. The van der Waals surface area contributed by atoms with E-state index >= 15 is 0 Å². The third-order valence-corrected chi connectivity index (χ3v) is 6.47. The van der Waals surface area contributed by atoms with Crippen LogP contribution in [-0.2, 0) is 22.6 Å². The van der Waals surface area contributed by atoms with Crippen molar-refractivity contribution in [3.8, 4) is 0 Å². The highest BCUT2D eigenvalue weighted by atomic mass is 127. The van der Waals surface area contributed by atoms with Gasteiger partial charge >= 0.3 is 6.09 Å². The first-order valence-corrected chi connectivity index (χ1v) is 11.3. The number of hydrogen-bond donors (Lipinski definition) is 1. The molecule has 1 heterocycles. The minimum Gasteiger partial charge on any atom is -0.445 e. The number of halogens is 1. The molecule has 1 N–H and O–H groups in total. The lowest BCUT2D eigenvalue weighted by Gasteiger charge is -2.40. The summed E-state index contributed by atoms with van der Waals surface area (Å²) in [7, 11) is 0. The Balaban J connectivity index is 1.76. The molecule has 0 saturated carbocycles. The van der Waals surface area contributed by atoms with Gasteiger partial charge in [0.2, 0.25) is 0 Å². The van der Waals surface area contributed by atoms with Crippen LogP contribution >= 0.6 is 22.6 Å². The Morgan fingerprint density at radius 1 is 1.14 bits per heavy atom. The molecule has 1 saturated heterocycles. The van der Waals surface area contributed by atoms with E-state index in [1.807, 2.05) is 67.6 Å². The Bertz CT molecular complexity index is 758. The number of aliphatic hydroxyl groups is 1. The molecule has 5 nitrogen and oxygen atoms in total. The molecule has 0 aromatic heterocycles. The zero-order valence-corrected chi connectivity index (χ0v) is 18.8. The average molecular weight is 509 g/mol. The van der Waals surface area contributed by atoms with E-state index in [0.29, 0.717) is 6.54 Å². The van der Waals surface area contributed by atoms with Gasteiger partial charge in [-0.1, -0.05) is 90.2 Å². The molecular weight excluding hydrogens is 481 g/mol. The maximum absolute atomic E-state index is 13.1. The molecule has 2 aromatic rings. The molecule has 1 amide bonds. The van der Waals surface area contributed by atoms with E-state index in [2.05, 4.69) is 22.6 Å². The highest BCUT2D eigenvalue weighted by molar-refractivity contribution is 14.1. The number of aliphatic hydroxyl groups excluding tert-OH is 1. The van der Waals surface area contributed by atoms with Crippen molar-refractivity contribution in [2.24, 2.45) is 0 Å². The number of carbonyl (C=O) groups excluding carboxylic acids is 1. The molecule has 1 aliphatic rings. The molecule has 3 rings (SSSR count). The lowest BCUT2D eigenvalue weighted by Crippen LogP contribution is -2.51. The van der Waals surface area contributed by atoms with E-state index in [0.717, 1.165) is 30.4 Å². The summed E-state index contributed by atoms with van der Waals surface area (Å²) in [6, 6.07) is 19.4. The van der Waals surface area contributed by atoms with E-state index in [4.69, 9.17) is 9.47 Å². The second-order valence-corrected chi connectivity index (χ2v) is 8.89. The molecule has 1 aliphatic heterocycles. The van der Waals surface area contributed by atoms with Gasteiger partial charge in [0.1, 0.15) is 6.61 Å². The minimum absolute atomic E-state index is 0.0777. The smallest absolute Gasteiger partial charge is 0.410 e. The van der Waals surface area contributed by atoms with Crippen LogP contribution in [0.15, 0.2) is 60.7 Å². The van der Waals surface area contributed by atoms with Crippen molar-refractivity contribution < 1.29 is 19.4 Å². The zero-order chi connectivity index (χ0) is 20.6. The van der Waals surface area contributed by atoms with Crippen LogP contribution in [0, 0.1) is 0 Å². The summed E-state index contributed by atoms with van der Waals surface area (Å²) < 4.78 is 11.6. The number of benzene rings is 2. The molecule has 0 aliphatic carbocycles. The molecule has 3 unspecified atom stereocenters. The van der Waals surface area contributed by atoms with Crippen LogP contribution in [0.1, 0.15) is 37.3 Å². The molecule has 2 aromatic carbocycles. The lowest BCUT2D eigenvalue weighted by molar-refractivity contribution is -0.173. The highest BCUT2D eigenvalue weighted by Gasteiger charge is 2.37. The van der Waals surface area contributed by atoms with Crippen LogP contribution in [0.4, 0.5) is 4.79 Å². The summed E-state index contributed by atoms with van der Waals surface area (Å²) in [5.74, 6) is 0. The first-order chi connectivity index (χ1) is 14.1. The van der Waals surface area contributed by atoms with Gasteiger partial charge in [0.15, 0.2) is 6.29 Å². The van der Waals surface area contributed by atoms with E-state index in [1.165, 1.54) is 0 Å². The van der Waals surface area contributed by atoms with Crippen molar-refractivity contribution in [2.75, 3.05) is 0 Å². The van der Waals surface area contributed by atoms with Crippen LogP contribution in [-0.4, -0.2) is 38.5 Å². The lowest BCUT2D eigenvalue weighted by atomic mass is 9.98. The predicted octanol–water partition coefficient (Wildman–Crippen LogP) is 4.91. The predicted molar refractivity (Wildman–Crippen MR) is 121 cm³/mol. The molecule has 4 atom stereocenters. The Hall–Kier alpha value is -1.64. The standard InChI is InChI=1S/C23H28INO4/c1-2-20(21-14-13-19(24)22(26)29-21)25(15-17-9-5-3-6-10-17)23(27)28-16-18-11-7-4-8-12-18/h3-12,19-22,26H,2,13-16H2,1H3/t19?,20?,21-,22?/m0/s1. The topological polar surface area (TPSA) is 59.0 Å². The molecule has 0 bridgehead atoms. The number of amides is 1. The Labute approximate surface area is 186 Å². The van der Waals surface area contributed by atoms with Crippen LogP contribution in [0.2, 0.25) is 0 Å². The first-order valence-electron chi connectivity index (χ1n) is 10.1. The number of hydrogen-bond acceptors (Lipinski definition) is 4. The van der Waals surface area contributed by atoms with E-state index in [9.17, 15) is 9.90 Å². The third kappa shape index (κ3) is 6.17. The van der Waals surface area contributed by atoms with Gasteiger partial charge in [-0.2, -0.15) is 0 Å². The normalized spacial score (nSPS) is 22.7. The van der Waals surface area contributed by atoms with Crippen molar-refractivity contribution in [1.82, 2.24) is 4.90 Å². The maximum Gasteiger partial charge on any atom is 0.410 e. The van der Waals surface area contributed by atoms with Gasteiger partial charge < -0.3 is 14.6 Å². The Kier molecular flexibility index (Phi) is 8.32. The van der Waals surface area contributed by atoms with Gasteiger partial charge in [-0.3, -0.25) is 4.90 Å². The number of carbonyl (C=O) groups is 1. The number of nitrogens with zero attached hydrogens (tertiary/aromatic N) is 1. The summed E-state index contributed by atoms with van der Waals surface area (Å²) in [5, 5.41) is 10.2. The molecule has 29 heavy (non-hydrogen) atoms. The summed E-state index contributed by atoms with van der Waals surface area (Å²) in [6.45, 7) is 2.71. The van der Waals surface area contributed by atoms with Gasteiger partial charge in [0.25, 0.3) is 0 Å². The Morgan fingerprint density at radius 3 is 2.34 bits per heavy atom. The van der Waals surface area contributed by atoms with Crippen molar-refractivity contribution in [3.63, 3.8) is 0 Å². The summed E-state index contributed by atoms with van der Waals surface area (Å²) in [4.78, 5) is 14.8. The Morgan fingerprint density at radius 2 is 1.76 bits per heavy atom. The summed E-state index contributed by atoms with van der Waals surface area (Å²) in [5.41, 5.74) is 1.98. The van der Waals surface area contributed by atoms with Crippen LogP contribution in [0.3, 0.4) is 0 Å². The van der Waals surface area contributed by atoms with Crippen molar-refractivity contribution in [1.29, 1.82) is 0 Å². The third-order valence-electron chi connectivity index (χ3n) is 5.23.